The third-order valence-corrected chi connectivity index (χ3v) is 4.73. The van der Waals surface area contributed by atoms with E-state index in [-0.39, 0.29) is 17.4 Å². The van der Waals surface area contributed by atoms with Gasteiger partial charge in [0, 0.05) is 22.7 Å². The highest BCUT2D eigenvalue weighted by Crippen LogP contribution is 2.34. The number of para-hydroxylation sites is 1. The number of aliphatic imine (C=N–C) groups is 1. The van der Waals surface area contributed by atoms with E-state index in [1.807, 2.05) is 24.3 Å². The average Bonchev–Trinajstić information content (AvgIpc) is 2.55. The molecule has 0 bridgehead atoms. The number of nitrogens with two attached hydrogens (primary N) is 1. The summed E-state index contributed by atoms with van der Waals surface area (Å²) in [5.41, 5.74) is 7.30. The molecule has 0 aliphatic carbocycles. The SMILES string of the molecule is NC(=NCc1cccc(F)c1F)C1CNc2ccccc2S1. The zero-order valence-corrected chi connectivity index (χ0v) is 12.5. The van der Waals surface area contributed by atoms with E-state index in [9.17, 15) is 8.78 Å². The predicted molar refractivity (Wildman–Crippen MR) is 86.3 cm³/mol. The highest BCUT2D eigenvalue weighted by atomic mass is 32.2. The van der Waals surface area contributed by atoms with Crippen molar-refractivity contribution in [3.05, 3.63) is 59.7 Å². The molecule has 1 atom stereocenters. The highest BCUT2D eigenvalue weighted by Gasteiger charge is 2.21. The second-order valence-corrected chi connectivity index (χ2v) is 6.18. The number of benzene rings is 2. The third kappa shape index (κ3) is 3.06. The zero-order valence-electron chi connectivity index (χ0n) is 11.7. The number of amidine groups is 1. The highest BCUT2D eigenvalue weighted by molar-refractivity contribution is 8.01. The molecule has 3 N–H and O–H groups in total. The van der Waals surface area contributed by atoms with E-state index in [0.717, 1.165) is 16.6 Å². The van der Waals surface area contributed by atoms with Gasteiger partial charge in [-0.05, 0) is 18.2 Å². The van der Waals surface area contributed by atoms with Crippen molar-refractivity contribution in [1.82, 2.24) is 0 Å². The van der Waals surface area contributed by atoms with Crippen LogP contribution in [0.1, 0.15) is 5.56 Å². The molecule has 0 saturated carbocycles. The maximum atomic E-state index is 13.6. The third-order valence-electron chi connectivity index (χ3n) is 3.43. The van der Waals surface area contributed by atoms with E-state index < -0.39 is 11.6 Å². The van der Waals surface area contributed by atoms with Crippen LogP contribution in [0.5, 0.6) is 0 Å². The van der Waals surface area contributed by atoms with E-state index in [4.69, 9.17) is 5.73 Å². The number of hydrogen-bond acceptors (Lipinski definition) is 3. The van der Waals surface area contributed by atoms with Crippen LogP contribution in [0, 0.1) is 11.6 Å². The Hall–Kier alpha value is -2.08. The Morgan fingerprint density at radius 3 is 2.91 bits per heavy atom. The summed E-state index contributed by atoms with van der Waals surface area (Å²) in [4.78, 5) is 5.33. The van der Waals surface area contributed by atoms with Crippen molar-refractivity contribution in [1.29, 1.82) is 0 Å². The molecule has 114 valence electrons. The number of rotatable bonds is 3. The van der Waals surface area contributed by atoms with Crippen LogP contribution in [0.2, 0.25) is 0 Å². The number of halogens is 2. The van der Waals surface area contributed by atoms with Gasteiger partial charge >= 0.3 is 0 Å². The molecule has 3 rings (SSSR count). The fraction of sp³-hybridized carbons (Fsp3) is 0.188. The Morgan fingerprint density at radius 1 is 1.23 bits per heavy atom. The Balaban J connectivity index is 1.72. The van der Waals surface area contributed by atoms with Gasteiger partial charge in [-0.3, -0.25) is 4.99 Å². The Bertz CT molecular complexity index is 718. The summed E-state index contributed by atoms with van der Waals surface area (Å²) in [6.45, 7) is 0.691. The summed E-state index contributed by atoms with van der Waals surface area (Å²) in [5, 5.41) is 3.27. The van der Waals surface area contributed by atoms with Crippen molar-refractivity contribution in [2.24, 2.45) is 10.7 Å². The molecule has 1 aliphatic heterocycles. The second kappa shape index (κ2) is 6.36. The number of fused-ring (bicyclic) bond motifs is 1. The maximum absolute atomic E-state index is 13.6. The molecule has 0 spiro atoms. The van der Waals surface area contributed by atoms with Crippen LogP contribution in [0.25, 0.3) is 0 Å². The average molecular weight is 319 g/mol. The Kier molecular flexibility index (Phi) is 4.29. The first-order chi connectivity index (χ1) is 10.6. The normalized spacial score (nSPS) is 17.7. The summed E-state index contributed by atoms with van der Waals surface area (Å²) >= 11 is 1.62. The van der Waals surface area contributed by atoms with Crippen molar-refractivity contribution < 1.29 is 8.78 Å². The largest absolute Gasteiger partial charge is 0.386 e. The van der Waals surface area contributed by atoms with Gasteiger partial charge in [-0.1, -0.05) is 24.3 Å². The summed E-state index contributed by atoms with van der Waals surface area (Å²) in [5.74, 6) is -1.30. The van der Waals surface area contributed by atoms with Crippen LogP contribution in [-0.2, 0) is 6.54 Å². The van der Waals surface area contributed by atoms with Crippen molar-refractivity contribution in [3.8, 4) is 0 Å². The molecule has 3 nitrogen and oxygen atoms in total. The molecule has 0 fully saturated rings. The minimum absolute atomic E-state index is 0.0217. The molecule has 2 aromatic carbocycles. The first-order valence-corrected chi connectivity index (χ1v) is 7.75. The fourth-order valence-electron chi connectivity index (χ4n) is 2.23. The number of nitrogens with zero attached hydrogens (tertiary/aromatic N) is 1. The molecule has 1 heterocycles. The zero-order chi connectivity index (χ0) is 15.5. The minimum Gasteiger partial charge on any atom is -0.386 e. The number of thioether (sulfide) groups is 1. The van der Waals surface area contributed by atoms with Gasteiger partial charge in [0.05, 0.1) is 11.8 Å². The summed E-state index contributed by atoms with van der Waals surface area (Å²) in [7, 11) is 0. The lowest BCUT2D eigenvalue weighted by molar-refractivity contribution is 0.499. The quantitative estimate of drug-likeness (QED) is 0.673. The lowest BCUT2D eigenvalue weighted by atomic mass is 10.2. The predicted octanol–water partition coefficient (Wildman–Crippen LogP) is 3.41. The van der Waals surface area contributed by atoms with Gasteiger partial charge in [0.15, 0.2) is 11.6 Å². The number of hydrogen-bond donors (Lipinski definition) is 2. The first kappa shape index (κ1) is 14.8. The monoisotopic (exact) mass is 319 g/mol. The minimum atomic E-state index is -0.867. The van der Waals surface area contributed by atoms with Crippen molar-refractivity contribution >= 4 is 23.3 Å². The van der Waals surface area contributed by atoms with Crippen LogP contribution in [0.3, 0.4) is 0 Å². The summed E-state index contributed by atoms with van der Waals surface area (Å²) < 4.78 is 26.7. The molecular weight excluding hydrogens is 304 g/mol. The smallest absolute Gasteiger partial charge is 0.163 e. The van der Waals surface area contributed by atoms with Crippen molar-refractivity contribution in [2.75, 3.05) is 11.9 Å². The molecule has 0 radical (unpaired) electrons. The van der Waals surface area contributed by atoms with Crippen LogP contribution < -0.4 is 11.1 Å². The molecule has 22 heavy (non-hydrogen) atoms. The van der Waals surface area contributed by atoms with Crippen molar-refractivity contribution in [3.63, 3.8) is 0 Å². The van der Waals surface area contributed by atoms with Gasteiger partial charge in [0.2, 0.25) is 0 Å². The summed E-state index contributed by atoms with van der Waals surface area (Å²) in [6.07, 6.45) is 0. The number of nitrogens with one attached hydrogen (secondary N) is 1. The van der Waals surface area contributed by atoms with Gasteiger partial charge in [-0.2, -0.15) is 0 Å². The van der Waals surface area contributed by atoms with E-state index >= 15 is 0 Å². The fourth-order valence-corrected chi connectivity index (χ4v) is 3.32. The Morgan fingerprint density at radius 2 is 2.05 bits per heavy atom. The molecule has 6 heteroatoms. The molecule has 1 aliphatic rings. The second-order valence-electron chi connectivity index (χ2n) is 4.94. The standard InChI is InChI=1S/C16H15F2N3S/c17-11-5-3-4-10(15(11)18)8-21-16(19)14-9-20-12-6-1-2-7-13(12)22-14/h1-7,14,20H,8-9H2,(H2,19,21). The molecule has 0 saturated heterocycles. The van der Waals surface area contributed by atoms with Crippen LogP contribution in [0.15, 0.2) is 52.4 Å². The van der Waals surface area contributed by atoms with E-state index in [1.54, 1.807) is 11.8 Å². The lowest BCUT2D eigenvalue weighted by Crippen LogP contribution is -2.34. The van der Waals surface area contributed by atoms with Crippen LogP contribution in [-0.4, -0.2) is 17.6 Å². The topological polar surface area (TPSA) is 50.4 Å². The number of anilines is 1. The molecule has 0 aromatic heterocycles. The van der Waals surface area contributed by atoms with E-state index in [1.165, 1.54) is 12.1 Å². The lowest BCUT2D eigenvalue weighted by Gasteiger charge is -2.25. The van der Waals surface area contributed by atoms with Gasteiger partial charge in [0.25, 0.3) is 0 Å². The van der Waals surface area contributed by atoms with E-state index in [2.05, 4.69) is 10.3 Å². The van der Waals surface area contributed by atoms with E-state index in [0.29, 0.717) is 12.4 Å². The summed E-state index contributed by atoms with van der Waals surface area (Å²) in [6, 6.07) is 12.0. The molecule has 2 aromatic rings. The van der Waals surface area contributed by atoms with Crippen molar-refractivity contribution in [2.45, 2.75) is 16.7 Å². The van der Waals surface area contributed by atoms with Crippen LogP contribution in [0.4, 0.5) is 14.5 Å². The van der Waals surface area contributed by atoms with Gasteiger partial charge in [0.1, 0.15) is 5.84 Å². The van der Waals surface area contributed by atoms with Gasteiger partial charge < -0.3 is 11.1 Å². The van der Waals surface area contributed by atoms with Gasteiger partial charge in [-0.15, -0.1) is 11.8 Å². The van der Waals surface area contributed by atoms with Crippen LogP contribution >= 0.6 is 11.8 Å². The molecule has 1 unspecified atom stereocenters. The first-order valence-electron chi connectivity index (χ1n) is 6.87. The maximum Gasteiger partial charge on any atom is 0.163 e. The van der Waals surface area contributed by atoms with Gasteiger partial charge in [-0.25, -0.2) is 8.78 Å². The molecular formula is C16H15F2N3S. The molecule has 0 amide bonds. The Labute approximate surface area is 131 Å².